The first kappa shape index (κ1) is 66.3. The van der Waals surface area contributed by atoms with E-state index in [1.807, 2.05) is 12.2 Å². The van der Waals surface area contributed by atoms with E-state index in [2.05, 4.69) is 83.6 Å². The van der Waals surface area contributed by atoms with E-state index in [4.69, 9.17) is 39.3 Å². The fourth-order valence-corrected chi connectivity index (χ4v) is 6.22. The van der Waals surface area contributed by atoms with E-state index in [0.717, 1.165) is 64.0 Å². The third-order valence-electron chi connectivity index (χ3n) is 10.2. The number of nitrogens with two attached hydrogens (primary N) is 1. The van der Waals surface area contributed by atoms with Gasteiger partial charge in [0.1, 0.15) is 49.7 Å². The molecule has 0 aliphatic carbocycles. The van der Waals surface area contributed by atoms with Gasteiger partial charge in [-0.2, -0.15) is 0 Å². The summed E-state index contributed by atoms with van der Waals surface area (Å²) in [5.74, 6) is -2.60. The number of allylic oxidation sites excluding steroid dienone is 13. The van der Waals surface area contributed by atoms with Gasteiger partial charge in [-0.15, -0.1) is 0 Å². The maximum Gasteiger partial charge on any atom is 0.329 e. The van der Waals surface area contributed by atoms with Crippen molar-refractivity contribution in [3.63, 3.8) is 0 Å². The van der Waals surface area contributed by atoms with Crippen molar-refractivity contribution < 1.29 is 78.2 Å². The van der Waals surface area contributed by atoms with Gasteiger partial charge in [0.25, 0.3) is 6.29 Å². The second-order valence-corrected chi connectivity index (χ2v) is 16.8. The molecule has 3 amide bonds. The van der Waals surface area contributed by atoms with Crippen molar-refractivity contribution in [1.82, 2.24) is 16.0 Å². The van der Waals surface area contributed by atoms with Crippen LogP contribution in [0.1, 0.15) is 103 Å². The summed E-state index contributed by atoms with van der Waals surface area (Å²) in [5, 5.41) is 67.9. The average Bonchev–Trinajstić information content (AvgIpc) is 3.37. The lowest BCUT2D eigenvalue weighted by molar-refractivity contribution is -0.295. The Morgan fingerprint density at radius 3 is 1.82 bits per heavy atom. The number of amides is 3. The number of carboxylic acids is 1. The summed E-state index contributed by atoms with van der Waals surface area (Å²) in [5.41, 5.74) is 6.25. The van der Waals surface area contributed by atoms with Crippen LogP contribution in [0.3, 0.4) is 0 Å². The van der Waals surface area contributed by atoms with Gasteiger partial charge in [-0.25, -0.2) is 4.79 Å². The van der Waals surface area contributed by atoms with Crippen LogP contribution in [0.4, 0.5) is 0 Å². The Balaban J connectivity index is 2.62. The molecule has 11 N–H and O–H groups in total. The molecule has 1 aromatic carbocycles. The van der Waals surface area contributed by atoms with E-state index in [9.17, 15) is 44.7 Å². The maximum absolute atomic E-state index is 13.3. The summed E-state index contributed by atoms with van der Waals surface area (Å²) >= 11 is 0. The summed E-state index contributed by atoms with van der Waals surface area (Å²) in [6.07, 6.45) is 25.6. The van der Waals surface area contributed by atoms with Gasteiger partial charge in [0.05, 0.1) is 19.3 Å². The molecule has 0 aromatic heterocycles. The van der Waals surface area contributed by atoms with Crippen LogP contribution in [0.5, 0.6) is 5.75 Å². The van der Waals surface area contributed by atoms with Crippen molar-refractivity contribution in [1.29, 1.82) is 0 Å². The molecule has 74 heavy (non-hydrogen) atoms. The fourth-order valence-electron chi connectivity index (χ4n) is 6.22. The lowest BCUT2D eigenvalue weighted by atomic mass is 10.0. The lowest BCUT2D eigenvalue weighted by Gasteiger charge is -2.28. The SMILES string of the molecule is CC/C=C\C/C=C\C/C=C\C/C=C\C/C=C\C/C=C\CCC(=O)NCCOc1ccc(C[C@H](NC(=O)CO[C@H](O)C(O)OC(COC(O/C=C(/C)O)[C@@H](O)OCC(=O)O)[C@H](C)O)C(=O)NCCCCCCN)cc1. The van der Waals surface area contributed by atoms with E-state index in [0.29, 0.717) is 50.2 Å². The summed E-state index contributed by atoms with van der Waals surface area (Å²) in [4.78, 5) is 49.6. The highest BCUT2D eigenvalue weighted by Gasteiger charge is 2.30. The second kappa shape index (κ2) is 43.7. The van der Waals surface area contributed by atoms with Crippen LogP contribution in [0.25, 0.3) is 0 Å². The molecule has 0 heterocycles. The molecule has 3 unspecified atom stereocenters. The number of hydrogen-bond acceptors (Lipinski definition) is 16. The largest absolute Gasteiger partial charge is 0.509 e. The predicted molar refractivity (Wildman–Crippen MR) is 280 cm³/mol. The zero-order valence-corrected chi connectivity index (χ0v) is 43.3. The van der Waals surface area contributed by atoms with Crippen molar-refractivity contribution in [2.75, 3.05) is 46.1 Å². The fraction of sp³-hybridized carbons (Fsp3) is 0.556. The number of rotatable bonds is 44. The number of hydrogen-bond donors (Lipinski definition) is 10. The van der Waals surface area contributed by atoms with Gasteiger partial charge in [0.2, 0.25) is 36.6 Å². The zero-order valence-electron chi connectivity index (χ0n) is 43.3. The Morgan fingerprint density at radius 2 is 1.26 bits per heavy atom. The quantitative estimate of drug-likeness (QED) is 0.0179. The molecule has 0 saturated carbocycles. The Morgan fingerprint density at radius 1 is 0.676 bits per heavy atom. The minimum atomic E-state index is -2.16. The minimum absolute atomic E-state index is 0.0661. The molecular formula is C54H84N4O16. The zero-order chi connectivity index (χ0) is 54.6. The molecule has 1 rings (SSSR count). The molecule has 1 aromatic rings. The first-order chi connectivity index (χ1) is 35.7. The van der Waals surface area contributed by atoms with Crippen LogP contribution < -0.4 is 26.4 Å². The molecule has 0 spiro atoms. The van der Waals surface area contributed by atoms with Crippen LogP contribution in [0, 0.1) is 0 Å². The first-order valence-corrected chi connectivity index (χ1v) is 25.3. The van der Waals surface area contributed by atoms with Gasteiger partial charge in [0, 0.05) is 19.4 Å². The number of carbonyl (C=O) groups excluding carboxylic acids is 3. The number of aliphatic hydroxyl groups is 5. The van der Waals surface area contributed by atoms with E-state index >= 15 is 0 Å². The Kier molecular flexibility index (Phi) is 39.2. The number of carbonyl (C=O) groups is 4. The van der Waals surface area contributed by atoms with Crippen LogP contribution in [-0.2, 0) is 49.3 Å². The topological polar surface area (TPSA) is 307 Å². The summed E-state index contributed by atoms with van der Waals surface area (Å²) in [6, 6.07) is 5.80. The molecule has 0 radical (unpaired) electrons. The third kappa shape index (κ3) is 36.3. The monoisotopic (exact) mass is 1040 g/mol. The number of ether oxygens (including phenoxy) is 6. The van der Waals surface area contributed by atoms with E-state index < -0.39 is 81.0 Å². The van der Waals surface area contributed by atoms with Crippen LogP contribution in [0.15, 0.2) is 109 Å². The number of unbranched alkanes of at least 4 members (excludes halogenated alkanes) is 3. The molecular weight excluding hydrogens is 961 g/mol. The normalized spacial score (nSPS) is 15.2. The van der Waals surface area contributed by atoms with Crippen molar-refractivity contribution in [2.45, 2.75) is 148 Å². The lowest BCUT2D eigenvalue weighted by Crippen LogP contribution is -2.50. The van der Waals surface area contributed by atoms with Gasteiger partial charge in [-0.05, 0) is 95.9 Å². The smallest absolute Gasteiger partial charge is 0.329 e. The molecule has 7 atom stereocenters. The van der Waals surface area contributed by atoms with Crippen molar-refractivity contribution in [3.05, 3.63) is 115 Å². The summed E-state index contributed by atoms with van der Waals surface area (Å²) in [6.45, 7) is 3.67. The molecule has 0 aliphatic rings. The Bertz CT molecular complexity index is 1880. The highest BCUT2D eigenvalue weighted by Crippen LogP contribution is 2.15. The number of nitrogens with one attached hydrogen (secondary N) is 3. The first-order valence-electron chi connectivity index (χ1n) is 25.3. The predicted octanol–water partition coefficient (Wildman–Crippen LogP) is 4.94. The van der Waals surface area contributed by atoms with E-state index in [-0.39, 0.29) is 24.7 Å². The Hall–Kier alpha value is -5.68. The molecule has 0 saturated heterocycles. The molecule has 0 fully saturated rings. The van der Waals surface area contributed by atoms with Crippen LogP contribution in [-0.4, -0.2) is 144 Å². The second-order valence-electron chi connectivity index (χ2n) is 16.8. The van der Waals surface area contributed by atoms with Gasteiger partial charge < -0.3 is 80.7 Å². The van der Waals surface area contributed by atoms with E-state index in [1.165, 1.54) is 13.8 Å². The average molecular weight is 1050 g/mol. The van der Waals surface area contributed by atoms with Crippen LogP contribution >= 0.6 is 0 Å². The van der Waals surface area contributed by atoms with Crippen molar-refractivity contribution >= 4 is 23.7 Å². The molecule has 20 heteroatoms. The highest BCUT2D eigenvalue weighted by molar-refractivity contribution is 5.88. The minimum Gasteiger partial charge on any atom is -0.509 e. The molecule has 0 bridgehead atoms. The summed E-state index contributed by atoms with van der Waals surface area (Å²) in [7, 11) is 0. The maximum atomic E-state index is 13.3. The standard InChI is InChI=1S/C54H84N4O16/c1-4-5-6-7-8-9-10-11-12-13-14-15-16-17-18-19-20-21-24-27-47(61)56-34-35-69-44-30-28-43(29-31-44)36-45(50(65)57-33-26-23-22-25-32-55)58-48(62)39-70-51(66)52(67)74-46(42(3)60)38-73-54(72-37-41(2)59)53(68)71-40-49(63)64/h5-6,8-9,11-12,14-15,17-18,20-21,28-31,37,42,45-46,51-54,59-60,66-68H,4,7,10,13,16,19,22-27,32-36,38-40,55H2,1-3H3,(H,56,61)(H,57,65)(H,58,62)(H,63,64)/b6-5-,9-8-,12-11-,15-14-,18-17-,21-20-,41-37-/t42-,45-,46?,51-,52?,53-,54?/m0/s1. The Labute approximate surface area is 436 Å². The number of aliphatic hydroxyl groups excluding tert-OH is 5. The number of benzene rings is 1. The number of carboxylic acid groups (broad SMARTS) is 1. The molecule has 20 nitrogen and oxygen atoms in total. The van der Waals surface area contributed by atoms with Crippen LogP contribution in [0.2, 0.25) is 0 Å². The number of aliphatic carboxylic acids is 1. The van der Waals surface area contributed by atoms with Gasteiger partial charge in [-0.1, -0.05) is 105 Å². The summed E-state index contributed by atoms with van der Waals surface area (Å²) < 4.78 is 31.3. The van der Waals surface area contributed by atoms with E-state index in [1.54, 1.807) is 24.3 Å². The molecule has 0 aliphatic heterocycles. The van der Waals surface area contributed by atoms with Gasteiger partial charge in [0.15, 0.2) is 0 Å². The van der Waals surface area contributed by atoms with Crippen molar-refractivity contribution in [3.8, 4) is 5.75 Å². The van der Waals surface area contributed by atoms with Gasteiger partial charge >= 0.3 is 5.97 Å². The molecule has 416 valence electrons. The third-order valence-corrected chi connectivity index (χ3v) is 10.2. The van der Waals surface area contributed by atoms with Gasteiger partial charge in [-0.3, -0.25) is 14.4 Å². The highest BCUT2D eigenvalue weighted by atomic mass is 16.7. The van der Waals surface area contributed by atoms with Crippen molar-refractivity contribution in [2.24, 2.45) is 5.73 Å².